The van der Waals surface area contributed by atoms with Crippen molar-refractivity contribution in [3.05, 3.63) is 62.9 Å². The third-order valence-electron chi connectivity index (χ3n) is 5.54. The molecule has 1 aliphatic heterocycles. The molecule has 2 aromatic carbocycles. The monoisotopic (exact) mass is 468 g/mol. The van der Waals surface area contributed by atoms with Crippen LogP contribution >= 0.6 is 15.9 Å². The zero-order valence-electron chi connectivity index (χ0n) is 17.2. The van der Waals surface area contributed by atoms with Crippen molar-refractivity contribution in [1.82, 2.24) is 9.78 Å². The molecule has 6 nitrogen and oxygen atoms in total. The van der Waals surface area contributed by atoms with Gasteiger partial charge in [-0.05, 0) is 55.5 Å². The van der Waals surface area contributed by atoms with Gasteiger partial charge in [-0.1, -0.05) is 41.1 Å². The fourth-order valence-electron chi connectivity index (χ4n) is 4.00. The van der Waals surface area contributed by atoms with Gasteiger partial charge in [0.2, 0.25) is 5.91 Å². The highest BCUT2D eigenvalue weighted by Crippen LogP contribution is 2.27. The van der Waals surface area contributed by atoms with Gasteiger partial charge in [0.25, 0.3) is 5.56 Å². The molecule has 2 heterocycles. The summed E-state index contributed by atoms with van der Waals surface area (Å²) in [7, 11) is 0. The molecule has 1 aliphatic rings. The molecule has 0 saturated carbocycles. The van der Waals surface area contributed by atoms with E-state index in [1.165, 1.54) is 11.1 Å². The number of carbonyl (C=O) groups is 1. The molecule has 0 bridgehead atoms. The zero-order chi connectivity index (χ0) is 21.3. The van der Waals surface area contributed by atoms with E-state index < -0.39 is 0 Å². The number of hydrogen-bond acceptors (Lipinski definition) is 4. The molecule has 3 aromatic rings. The highest BCUT2D eigenvalue weighted by Gasteiger charge is 2.22. The predicted octanol–water partition coefficient (Wildman–Crippen LogP) is 4.34. The predicted molar refractivity (Wildman–Crippen MR) is 124 cm³/mol. The normalized spacial score (nSPS) is 16.6. The minimum Gasteiger partial charge on any atom is -0.354 e. The number of nitrogens with one attached hydrogen (secondary N) is 1. The summed E-state index contributed by atoms with van der Waals surface area (Å²) in [6, 6.07) is 13.1. The molecule has 1 N–H and O–H groups in total. The van der Waals surface area contributed by atoms with E-state index in [1.54, 1.807) is 0 Å². The molecule has 1 aromatic heterocycles. The number of halogens is 1. The van der Waals surface area contributed by atoms with E-state index in [0.29, 0.717) is 17.0 Å². The third-order valence-corrected chi connectivity index (χ3v) is 6.43. The summed E-state index contributed by atoms with van der Waals surface area (Å²) >= 11 is 3.46. The maximum absolute atomic E-state index is 13.0. The van der Waals surface area contributed by atoms with Crippen LogP contribution in [-0.4, -0.2) is 28.8 Å². The van der Waals surface area contributed by atoms with Gasteiger partial charge in [0.1, 0.15) is 6.54 Å². The first-order valence-corrected chi connectivity index (χ1v) is 11.0. The quantitative estimate of drug-likeness (QED) is 0.618. The smallest absolute Gasteiger partial charge is 0.275 e. The molecule has 0 radical (unpaired) electrons. The molecule has 1 fully saturated rings. The van der Waals surface area contributed by atoms with E-state index in [1.807, 2.05) is 49.4 Å². The van der Waals surface area contributed by atoms with E-state index in [9.17, 15) is 9.59 Å². The minimum absolute atomic E-state index is 0.130. The second-order valence-electron chi connectivity index (χ2n) is 8.04. The SMILES string of the molecule is Cc1cc(NC(=O)Cn2nc(N3CCC[C@@H](C)C3)c3ccccc3c2=O)ccc1Br. The van der Waals surface area contributed by atoms with Crippen LogP contribution in [0.3, 0.4) is 0 Å². The van der Waals surface area contributed by atoms with E-state index in [4.69, 9.17) is 0 Å². The van der Waals surface area contributed by atoms with Crippen molar-refractivity contribution in [2.45, 2.75) is 33.2 Å². The Morgan fingerprint density at radius 2 is 2.00 bits per heavy atom. The summed E-state index contributed by atoms with van der Waals surface area (Å²) in [4.78, 5) is 27.9. The van der Waals surface area contributed by atoms with Crippen molar-refractivity contribution >= 4 is 44.1 Å². The van der Waals surface area contributed by atoms with Crippen molar-refractivity contribution in [3.63, 3.8) is 0 Å². The lowest BCUT2D eigenvalue weighted by Crippen LogP contribution is -2.38. The van der Waals surface area contributed by atoms with Crippen LogP contribution in [0.2, 0.25) is 0 Å². The van der Waals surface area contributed by atoms with Gasteiger partial charge in [-0.15, -0.1) is 0 Å². The van der Waals surface area contributed by atoms with Gasteiger partial charge in [0.15, 0.2) is 5.82 Å². The molecule has 1 saturated heterocycles. The van der Waals surface area contributed by atoms with Gasteiger partial charge in [0.05, 0.1) is 5.39 Å². The van der Waals surface area contributed by atoms with Crippen LogP contribution in [0.25, 0.3) is 10.8 Å². The van der Waals surface area contributed by atoms with E-state index >= 15 is 0 Å². The zero-order valence-corrected chi connectivity index (χ0v) is 18.8. The van der Waals surface area contributed by atoms with Gasteiger partial charge in [-0.3, -0.25) is 9.59 Å². The van der Waals surface area contributed by atoms with Crippen LogP contribution in [0.1, 0.15) is 25.3 Å². The molecule has 30 heavy (non-hydrogen) atoms. The molecule has 0 aliphatic carbocycles. The van der Waals surface area contributed by atoms with Gasteiger partial charge < -0.3 is 10.2 Å². The topological polar surface area (TPSA) is 67.2 Å². The van der Waals surface area contributed by atoms with Crippen molar-refractivity contribution < 1.29 is 4.79 Å². The van der Waals surface area contributed by atoms with Crippen LogP contribution in [0.5, 0.6) is 0 Å². The number of fused-ring (bicyclic) bond motifs is 1. The first-order valence-electron chi connectivity index (χ1n) is 10.2. The third kappa shape index (κ3) is 4.26. The van der Waals surface area contributed by atoms with E-state index in [-0.39, 0.29) is 18.0 Å². The number of benzene rings is 2. The van der Waals surface area contributed by atoms with Crippen molar-refractivity contribution in [3.8, 4) is 0 Å². The molecule has 156 valence electrons. The Balaban J connectivity index is 1.66. The lowest BCUT2D eigenvalue weighted by atomic mass is 10.00. The molecule has 1 amide bonds. The van der Waals surface area contributed by atoms with E-state index in [0.717, 1.165) is 40.8 Å². The first kappa shape index (κ1) is 20.6. The Kier molecular flexibility index (Phi) is 5.90. The minimum atomic E-state index is -0.278. The second kappa shape index (κ2) is 8.60. The van der Waals surface area contributed by atoms with Gasteiger partial charge in [-0.25, -0.2) is 4.68 Å². The van der Waals surface area contributed by atoms with Crippen LogP contribution in [0, 0.1) is 12.8 Å². The summed E-state index contributed by atoms with van der Waals surface area (Å²) in [5.41, 5.74) is 1.47. The number of hydrogen-bond donors (Lipinski definition) is 1. The number of nitrogens with zero attached hydrogens (tertiary/aromatic N) is 3. The Labute approximate surface area is 184 Å². The number of rotatable bonds is 4. The van der Waals surface area contributed by atoms with Crippen LogP contribution < -0.4 is 15.8 Å². The average molecular weight is 469 g/mol. The molecule has 1 atom stereocenters. The molecule has 0 spiro atoms. The second-order valence-corrected chi connectivity index (χ2v) is 8.89. The standard InChI is InChI=1S/C23H25BrN4O2/c1-15-6-5-11-27(13-15)22-18-7-3-4-8-19(18)23(30)28(26-22)14-21(29)25-17-9-10-20(24)16(2)12-17/h3-4,7-10,12,15H,5-6,11,13-14H2,1-2H3,(H,25,29)/t15-/m1/s1. The Hall–Kier alpha value is -2.67. The average Bonchev–Trinajstić information content (AvgIpc) is 2.73. The van der Waals surface area contributed by atoms with Crippen LogP contribution in [-0.2, 0) is 11.3 Å². The molecule has 4 rings (SSSR count). The number of piperidine rings is 1. The lowest BCUT2D eigenvalue weighted by molar-refractivity contribution is -0.117. The Bertz CT molecular complexity index is 1160. The molecule has 7 heteroatoms. The number of anilines is 2. The Morgan fingerprint density at radius 1 is 1.23 bits per heavy atom. The maximum Gasteiger partial charge on any atom is 0.275 e. The lowest BCUT2D eigenvalue weighted by Gasteiger charge is -2.32. The number of aryl methyl sites for hydroxylation is 1. The van der Waals surface area contributed by atoms with Crippen LogP contribution in [0.15, 0.2) is 51.7 Å². The first-order chi connectivity index (χ1) is 14.4. The maximum atomic E-state index is 13.0. The summed E-state index contributed by atoms with van der Waals surface area (Å²) in [6.45, 7) is 5.87. The van der Waals surface area contributed by atoms with Gasteiger partial charge >= 0.3 is 0 Å². The highest BCUT2D eigenvalue weighted by atomic mass is 79.9. The Morgan fingerprint density at radius 3 is 2.73 bits per heavy atom. The van der Waals surface area contributed by atoms with Crippen molar-refractivity contribution in [2.24, 2.45) is 5.92 Å². The van der Waals surface area contributed by atoms with Gasteiger partial charge in [-0.2, -0.15) is 5.10 Å². The van der Waals surface area contributed by atoms with Gasteiger partial charge in [0, 0.05) is 28.6 Å². The van der Waals surface area contributed by atoms with Crippen molar-refractivity contribution in [1.29, 1.82) is 0 Å². The fourth-order valence-corrected chi connectivity index (χ4v) is 4.25. The summed E-state index contributed by atoms with van der Waals surface area (Å²) in [5.74, 6) is 1.08. The number of aromatic nitrogens is 2. The molecule has 0 unspecified atom stereocenters. The molecular formula is C23H25BrN4O2. The van der Waals surface area contributed by atoms with E-state index in [2.05, 4.69) is 38.2 Å². The van der Waals surface area contributed by atoms with Crippen molar-refractivity contribution in [2.75, 3.05) is 23.3 Å². The number of amides is 1. The summed E-state index contributed by atoms with van der Waals surface area (Å²) < 4.78 is 2.27. The van der Waals surface area contributed by atoms with Crippen LogP contribution in [0.4, 0.5) is 11.5 Å². The largest absolute Gasteiger partial charge is 0.354 e. The fraction of sp³-hybridized carbons (Fsp3) is 0.348. The summed E-state index contributed by atoms with van der Waals surface area (Å²) in [6.07, 6.45) is 2.29. The molecular weight excluding hydrogens is 444 g/mol. The summed E-state index contributed by atoms with van der Waals surface area (Å²) in [5, 5.41) is 8.94. The highest BCUT2D eigenvalue weighted by molar-refractivity contribution is 9.10. The number of carbonyl (C=O) groups excluding carboxylic acids is 1.